The van der Waals surface area contributed by atoms with Crippen LogP contribution >= 0.6 is 0 Å². The largest absolute Gasteiger partial charge is 0.407 e. The highest BCUT2D eigenvalue weighted by atomic mass is 28.4. The number of hydrogen-bond donors (Lipinski definition) is 0. The SMILES string of the molecule is [C-]#[N+]CC/C=C/CCO[Si](c1ccccc1)(c1ccccc1)C(C)(C)C. The van der Waals surface area contributed by atoms with Gasteiger partial charge in [0.15, 0.2) is 0 Å². The Morgan fingerprint density at radius 3 is 1.85 bits per heavy atom. The molecule has 136 valence electrons. The van der Waals surface area contributed by atoms with E-state index in [9.17, 15) is 0 Å². The van der Waals surface area contributed by atoms with Crippen LogP contribution in [0.2, 0.25) is 5.04 Å². The maximum Gasteiger partial charge on any atom is 0.261 e. The van der Waals surface area contributed by atoms with Crippen molar-refractivity contribution in [3.05, 3.63) is 84.2 Å². The topological polar surface area (TPSA) is 13.6 Å². The molecule has 0 heterocycles. The van der Waals surface area contributed by atoms with Crippen molar-refractivity contribution in [3.63, 3.8) is 0 Å². The monoisotopic (exact) mass is 363 g/mol. The van der Waals surface area contributed by atoms with Crippen LogP contribution in [-0.2, 0) is 4.43 Å². The first-order chi connectivity index (χ1) is 12.5. The molecule has 0 amide bonds. The van der Waals surface area contributed by atoms with Gasteiger partial charge in [0.1, 0.15) is 0 Å². The zero-order chi connectivity index (χ0) is 18.9. The fourth-order valence-corrected chi connectivity index (χ4v) is 8.00. The fraction of sp³-hybridized carbons (Fsp3) is 0.348. The minimum Gasteiger partial charge on any atom is -0.407 e. The van der Waals surface area contributed by atoms with E-state index in [1.54, 1.807) is 0 Å². The quantitative estimate of drug-likeness (QED) is 0.284. The molecule has 0 spiro atoms. The van der Waals surface area contributed by atoms with E-state index in [2.05, 4.69) is 98.4 Å². The van der Waals surface area contributed by atoms with E-state index >= 15 is 0 Å². The second-order valence-electron chi connectivity index (χ2n) is 7.44. The molecule has 0 atom stereocenters. The summed E-state index contributed by atoms with van der Waals surface area (Å²) in [6, 6.07) is 21.4. The van der Waals surface area contributed by atoms with Gasteiger partial charge in [0.2, 0.25) is 6.54 Å². The van der Waals surface area contributed by atoms with E-state index in [1.165, 1.54) is 10.4 Å². The van der Waals surface area contributed by atoms with Gasteiger partial charge in [-0.2, -0.15) is 0 Å². The molecule has 2 rings (SSSR count). The third kappa shape index (κ3) is 4.72. The summed E-state index contributed by atoms with van der Waals surface area (Å²) in [6.45, 7) is 15.0. The molecule has 2 nitrogen and oxygen atoms in total. The highest BCUT2D eigenvalue weighted by Gasteiger charge is 2.49. The Morgan fingerprint density at radius 1 is 0.885 bits per heavy atom. The summed E-state index contributed by atoms with van der Waals surface area (Å²) < 4.78 is 6.80. The van der Waals surface area contributed by atoms with Crippen molar-refractivity contribution < 1.29 is 4.43 Å². The molecule has 0 aliphatic carbocycles. The number of rotatable bonds is 8. The standard InChI is InChI=1S/C23H29NOSi/c1-23(2,3)26(21-15-9-7-10-16-21,22-17-11-8-12-18-22)25-20-14-6-5-13-19-24-4/h5-12,15-18H,13-14,19-20H2,1-3H3/b6-5+. The van der Waals surface area contributed by atoms with Gasteiger partial charge in [0.25, 0.3) is 8.32 Å². The molecular formula is C23H29NOSi. The van der Waals surface area contributed by atoms with Gasteiger partial charge in [-0.05, 0) is 21.8 Å². The van der Waals surface area contributed by atoms with Gasteiger partial charge < -0.3 is 9.27 Å². The third-order valence-corrected chi connectivity index (χ3v) is 9.64. The van der Waals surface area contributed by atoms with E-state index < -0.39 is 8.32 Å². The maximum absolute atomic E-state index is 6.83. The van der Waals surface area contributed by atoms with Crippen LogP contribution in [0.15, 0.2) is 72.8 Å². The zero-order valence-corrected chi connectivity index (χ0v) is 17.1. The zero-order valence-electron chi connectivity index (χ0n) is 16.1. The van der Waals surface area contributed by atoms with Gasteiger partial charge in [0.05, 0.1) is 0 Å². The second kappa shape index (κ2) is 9.52. The van der Waals surface area contributed by atoms with Crippen LogP contribution in [0.4, 0.5) is 0 Å². The van der Waals surface area contributed by atoms with Gasteiger partial charge in [-0.3, -0.25) is 0 Å². The lowest BCUT2D eigenvalue weighted by molar-refractivity contribution is 0.304. The highest BCUT2D eigenvalue weighted by Crippen LogP contribution is 2.36. The van der Waals surface area contributed by atoms with E-state index in [-0.39, 0.29) is 5.04 Å². The van der Waals surface area contributed by atoms with E-state index in [0.717, 1.165) is 12.8 Å². The summed E-state index contributed by atoms with van der Waals surface area (Å²) in [5.74, 6) is 0. The smallest absolute Gasteiger partial charge is 0.261 e. The van der Waals surface area contributed by atoms with Crippen molar-refractivity contribution >= 4 is 18.7 Å². The number of benzene rings is 2. The predicted molar refractivity (Wildman–Crippen MR) is 113 cm³/mol. The van der Waals surface area contributed by atoms with Crippen molar-refractivity contribution in [3.8, 4) is 0 Å². The minimum atomic E-state index is -2.41. The molecule has 0 radical (unpaired) electrons. The van der Waals surface area contributed by atoms with Gasteiger partial charge in [-0.1, -0.05) is 93.6 Å². The summed E-state index contributed by atoms with van der Waals surface area (Å²) in [6.07, 6.45) is 5.93. The number of hydrogen-bond acceptors (Lipinski definition) is 1. The molecular weight excluding hydrogens is 334 g/mol. The van der Waals surface area contributed by atoms with Crippen LogP contribution in [0, 0.1) is 6.57 Å². The van der Waals surface area contributed by atoms with Crippen molar-refractivity contribution in [1.82, 2.24) is 0 Å². The molecule has 0 fully saturated rings. The Bertz CT molecular complexity index is 687. The van der Waals surface area contributed by atoms with Gasteiger partial charge >= 0.3 is 0 Å². The third-order valence-electron chi connectivity index (χ3n) is 4.59. The van der Waals surface area contributed by atoms with Crippen LogP contribution in [0.1, 0.15) is 33.6 Å². The molecule has 0 N–H and O–H groups in total. The summed E-state index contributed by atoms with van der Waals surface area (Å²) >= 11 is 0. The summed E-state index contributed by atoms with van der Waals surface area (Å²) in [4.78, 5) is 3.38. The Morgan fingerprint density at radius 2 is 1.38 bits per heavy atom. The molecule has 0 unspecified atom stereocenters. The highest BCUT2D eigenvalue weighted by molar-refractivity contribution is 6.99. The Labute approximate surface area is 159 Å². The first-order valence-corrected chi connectivity index (χ1v) is 11.2. The first kappa shape index (κ1) is 20.2. The van der Waals surface area contributed by atoms with Crippen molar-refractivity contribution in [2.24, 2.45) is 0 Å². The van der Waals surface area contributed by atoms with Crippen molar-refractivity contribution in [2.75, 3.05) is 13.2 Å². The Balaban J connectivity index is 2.32. The van der Waals surface area contributed by atoms with Crippen LogP contribution in [0.25, 0.3) is 4.85 Å². The van der Waals surface area contributed by atoms with Crippen LogP contribution in [0.3, 0.4) is 0 Å². The normalized spacial score (nSPS) is 12.2. The molecule has 0 aliphatic rings. The van der Waals surface area contributed by atoms with E-state index in [1.807, 2.05) is 0 Å². The molecule has 3 heteroatoms. The molecule has 2 aromatic rings. The van der Waals surface area contributed by atoms with Crippen LogP contribution in [-0.4, -0.2) is 21.5 Å². The molecule has 0 aromatic heterocycles. The fourth-order valence-electron chi connectivity index (χ4n) is 3.42. The molecule has 0 saturated carbocycles. The van der Waals surface area contributed by atoms with E-state index in [0.29, 0.717) is 13.2 Å². The molecule has 2 aromatic carbocycles. The average molecular weight is 364 g/mol. The van der Waals surface area contributed by atoms with Gasteiger partial charge in [-0.15, -0.1) is 0 Å². The van der Waals surface area contributed by atoms with E-state index in [4.69, 9.17) is 11.0 Å². The number of nitrogens with zero attached hydrogens (tertiary/aromatic N) is 1. The summed E-state index contributed by atoms with van der Waals surface area (Å²) in [5, 5.41) is 2.65. The second-order valence-corrected chi connectivity index (χ2v) is 11.7. The molecule has 26 heavy (non-hydrogen) atoms. The first-order valence-electron chi connectivity index (χ1n) is 9.25. The van der Waals surface area contributed by atoms with Crippen molar-refractivity contribution in [2.45, 2.75) is 38.7 Å². The molecule has 0 aliphatic heterocycles. The van der Waals surface area contributed by atoms with Crippen molar-refractivity contribution in [1.29, 1.82) is 0 Å². The minimum absolute atomic E-state index is 0.0174. The lowest BCUT2D eigenvalue weighted by Crippen LogP contribution is -2.66. The van der Waals surface area contributed by atoms with Crippen LogP contribution < -0.4 is 10.4 Å². The lowest BCUT2D eigenvalue weighted by atomic mass is 10.2. The lowest BCUT2D eigenvalue weighted by Gasteiger charge is -2.43. The predicted octanol–water partition coefficient (Wildman–Crippen LogP) is 4.82. The summed E-state index contributed by atoms with van der Waals surface area (Å²) in [7, 11) is -2.41. The average Bonchev–Trinajstić information content (AvgIpc) is 2.64. The Hall–Kier alpha value is -2.15. The summed E-state index contributed by atoms with van der Waals surface area (Å²) in [5.41, 5.74) is 0. The van der Waals surface area contributed by atoms with Gasteiger partial charge in [0, 0.05) is 13.0 Å². The Kier molecular flexibility index (Phi) is 7.38. The maximum atomic E-state index is 6.83. The van der Waals surface area contributed by atoms with Gasteiger partial charge in [-0.25, -0.2) is 6.57 Å². The van der Waals surface area contributed by atoms with Crippen LogP contribution in [0.5, 0.6) is 0 Å². The molecule has 0 saturated heterocycles. The molecule has 0 bridgehead atoms.